The first kappa shape index (κ1) is 13.0. The number of ether oxygens (including phenoxy) is 2. The molecule has 1 aromatic carbocycles. The first-order valence-electron chi connectivity index (χ1n) is 5.76. The van der Waals surface area contributed by atoms with Crippen molar-refractivity contribution in [1.82, 2.24) is 0 Å². The zero-order valence-corrected chi connectivity index (χ0v) is 9.98. The van der Waals surface area contributed by atoms with Gasteiger partial charge in [0.25, 0.3) is 0 Å². The van der Waals surface area contributed by atoms with E-state index in [1.54, 1.807) is 0 Å². The summed E-state index contributed by atoms with van der Waals surface area (Å²) in [6.07, 6.45) is 0.415. The lowest BCUT2D eigenvalue weighted by molar-refractivity contribution is 0.0363. The third-order valence-corrected chi connectivity index (χ3v) is 2.20. The molecule has 3 heteroatoms. The number of rotatable bonds is 7. The second-order valence-corrected chi connectivity index (χ2v) is 3.59. The van der Waals surface area contributed by atoms with Crippen molar-refractivity contribution in [2.75, 3.05) is 19.8 Å². The highest BCUT2D eigenvalue weighted by Gasteiger charge is 2.07. The molecular formula is C13H20O3. The van der Waals surface area contributed by atoms with Gasteiger partial charge in [-0.05, 0) is 31.0 Å². The first-order valence-corrected chi connectivity index (χ1v) is 5.76. The van der Waals surface area contributed by atoms with Gasteiger partial charge in [0.15, 0.2) is 0 Å². The Balaban J connectivity index is 2.46. The summed E-state index contributed by atoms with van der Waals surface area (Å²) in [5.41, 5.74) is 0.861. The van der Waals surface area contributed by atoms with Gasteiger partial charge in [-0.25, -0.2) is 0 Å². The Morgan fingerprint density at radius 2 is 1.88 bits per heavy atom. The lowest BCUT2D eigenvalue weighted by Gasteiger charge is -2.12. The predicted octanol–water partition coefficient (Wildman–Crippen LogP) is 2.55. The van der Waals surface area contributed by atoms with Crippen LogP contribution in [0.15, 0.2) is 24.3 Å². The molecule has 0 heterocycles. The van der Waals surface area contributed by atoms with Crippen LogP contribution >= 0.6 is 0 Å². The summed E-state index contributed by atoms with van der Waals surface area (Å²) in [6, 6.07) is 7.46. The summed E-state index contributed by atoms with van der Waals surface area (Å²) in [7, 11) is 0. The number of benzene rings is 1. The van der Waals surface area contributed by atoms with Crippen molar-refractivity contribution in [3.05, 3.63) is 29.8 Å². The van der Waals surface area contributed by atoms with Crippen LogP contribution in [-0.2, 0) is 4.74 Å². The number of hydrogen-bond acceptors (Lipinski definition) is 3. The Labute approximate surface area is 97.0 Å². The average Bonchev–Trinajstić information content (AvgIpc) is 2.30. The van der Waals surface area contributed by atoms with E-state index >= 15 is 0 Å². The standard InChI is InChI=1S/C13H20O3/c1-3-9-15-10-13(14)11-5-7-12(8-6-11)16-4-2/h5-8,13-14H,3-4,9-10H2,1-2H3. The molecule has 0 aliphatic rings. The van der Waals surface area contributed by atoms with Crippen molar-refractivity contribution < 1.29 is 14.6 Å². The second kappa shape index (κ2) is 7.25. The minimum absolute atomic E-state index is 0.349. The van der Waals surface area contributed by atoms with Crippen LogP contribution in [0.25, 0.3) is 0 Å². The maximum atomic E-state index is 9.80. The molecular weight excluding hydrogens is 204 g/mol. The van der Waals surface area contributed by atoms with Gasteiger partial charge in [-0.2, -0.15) is 0 Å². The van der Waals surface area contributed by atoms with E-state index in [0.29, 0.717) is 19.8 Å². The molecule has 90 valence electrons. The van der Waals surface area contributed by atoms with Gasteiger partial charge in [-0.3, -0.25) is 0 Å². The lowest BCUT2D eigenvalue weighted by Crippen LogP contribution is -2.07. The highest BCUT2D eigenvalue weighted by Crippen LogP contribution is 2.18. The van der Waals surface area contributed by atoms with E-state index in [1.807, 2.05) is 38.1 Å². The van der Waals surface area contributed by atoms with E-state index in [-0.39, 0.29) is 0 Å². The summed E-state index contributed by atoms with van der Waals surface area (Å²) in [5.74, 6) is 0.827. The largest absolute Gasteiger partial charge is 0.494 e. The van der Waals surface area contributed by atoms with E-state index in [2.05, 4.69) is 0 Å². The topological polar surface area (TPSA) is 38.7 Å². The molecule has 1 N–H and O–H groups in total. The zero-order chi connectivity index (χ0) is 11.8. The van der Waals surface area contributed by atoms with Gasteiger partial charge in [0.05, 0.1) is 13.2 Å². The highest BCUT2D eigenvalue weighted by atomic mass is 16.5. The third kappa shape index (κ3) is 4.21. The molecule has 0 amide bonds. The molecule has 1 aromatic rings. The SMILES string of the molecule is CCCOCC(O)c1ccc(OCC)cc1. The van der Waals surface area contributed by atoms with Gasteiger partial charge in [-0.1, -0.05) is 19.1 Å². The molecule has 1 rings (SSSR count). The molecule has 0 aromatic heterocycles. The molecule has 1 unspecified atom stereocenters. The summed E-state index contributed by atoms with van der Waals surface area (Å²) in [6.45, 7) is 5.68. The number of aliphatic hydroxyl groups is 1. The monoisotopic (exact) mass is 224 g/mol. The number of aliphatic hydroxyl groups excluding tert-OH is 1. The van der Waals surface area contributed by atoms with Crippen LogP contribution in [0.3, 0.4) is 0 Å². The lowest BCUT2D eigenvalue weighted by atomic mass is 10.1. The van der Waals surface area contributed by atoms with E-state index in [9.17, 15) is 5.11 Å². The fourth-order valence-electron chi connectivity index (χ4n) is 1.39. The molecule has 0 saturated heterocycles. The number of hydrogen-bond donors (Lipinski definition) is 1. The molecule has 0 bridgehead atoms. The van der Waals surface area contributed by atoms with Crippen molar-refractivity contribution in [2.24, 2.45) is 0 Å². The molecule has 16 heavy (non-hydrogen) atoms. The molecule has 0 fully saturated rings. The van der Waals surface area contributed by atoms with Crippen molar-refractivity contribution in [2.45, 2.75) is 26.4 Å². The maximum Gasteiger partial charge on any atom is 0.119 e. The van der Waals surface area contributed by atoms with E-state index < -0.39 is 6.10 Å². The first-order chi connectivity index (χ1) is 7.77. The maximum absolute atomic E-state index is 9.80. The summed E-state index contributed by atoms with van der Waals surface area (Å²) in [4.78, 5) is 0. The third-order valence-electron chi connectivity index (χ3n) is 2.20. The van der Waals surface area contributed by atoms with E-state index in [1.165, 1.54) is 0 Å². The predicted molar refractivity (Wildman–Crippen MR) is 63.7 cm³/mol. The minimum atomic E-state index is -0.553. The minimum Gasteiger partial charge on any atom is -0.494 e. The molecule has 0 spiro atoms. The molecule has 3 nitrogen and oxygen atoms in total. The van der Waals surface area contributed by atoms with E-state index in [4.69, 9.17) is 9.47 Å². The van der Waals surface area contributed by atoms with Crippen LogP contribution in [-0.4, -0.2) is 24.9 Å². The summed E-state index contributed by atoms with van der Waals surface area (Å²) < 4.78 is 10.6. The van der Waals surface area contributed by atoms with Crippen molar-refractivity contribution >= 4 is 0 Å². The molecule has 0 aliphatic carbocycles. The molecule has 0 aliphatic heterocycles. The van der Waals surface area contributed by atoms with Crippen LogP contribution in [0, 0.1) is 0 Å². The van der Waals surface area contributed by atoms with Crippen molar-refractivity contribution in [3.8, 4) is 5.75 Å². The van der Waals surface area contributed by atoms with E-state index in [0.717, 1.165) is 17.7 Å². The van der Waals surface area contributed by atoms with Crippen molar-refractivity contribution in [1.29, 1.82) is 0 Å². The van der Waals surface area contributed by atoms with Gasteiger partial charge < -0.3 is 14.6 Å². The summed E-state index contributed by atoms with van der Waals surface area (Å²) >= 11 is 0. The van der Waals surface area contributed by atoms with Crippen LogP contribution in [0.1, 0.15) is 31.9 Å². The van der Waals surface area contributed by atoms with Gasteiger partial charge in [-0.15, -0.1) is 0 Å². The Morgan fingerprint density at radius 1 is 1.19 bits per heavy atom. The van der Waals surface area contributed by atoms with Crippen LogP contribution < -0.4 is 4.74 Å². The molecule has 0 saturated carbocycles. The Hall–Kier alpha value is -1.06. The van der Waals surface area contributed by atoms with Gasteiger partial charge in [0.1, 0.15) is 11.9 Å². The highest BCUT2D eigenvalue weighted by molar-refractivity contribution is 5.28. The van der Waals surface area contributed by atoms with Crippen LogP contribution in [0.4, 0.5) is 0 Å². The van der Waals surface area contributed by atoms with Crippen LogP contribution in [0.2, 0.25) is 0 Å². The quantitative estimate of drug-likeness (QED) is 0.723. The van der Waals surface area contributed by atoms with Gasteiger partial charge >= 0.3 is 0 Å². The Morgan fingerprint density at radius 3 is 2.44 bits per heavy atom. The summed E-state index contributed by atoms with van der Waals surface area (Å²) in [5, 5.41) is 9.80. The fraction of sp³-hybridized carbons (Fsp3) is 0.538. The fourth-order valence-corrected chi connectivity index (χ4v) is 1.39. The smallest absolute Gasteiger partial charge is 0.119 e. The Kier molecular flexibility index (Phi) is 5.90. The zero-order valence-electron chi connectivity index (χ0n) is 9.98. The Bertz CT molecular complexity index is 282. The average molecular weight is 224 g/mol. The van der Waals surface area contributed by atoms with Crippen LogP contribution in [0.5, 0.6) is 5.75 Å². The second-order valence-electron chi connectivity index (χ2n) is 3.59. The van der Waals surface area contributed by atoms with Crippen molar-refractivity contribution in [3.63, 3.8) is 0 Å². The van der Waals surface area contributed by atoms with Gasteiger partial charge in [0, 0.05) is 6.61 Å². The molecule has 1 atom stereocenters. The van der Waals surface area contributed by atoms with Gasteiger partial charge in [0.2, 0.25) is 0 Å². The molecule has 0 radical (unpaired) electrons. The normalized spacial score (nSPS) is 12.4.